The summed E-state index contributed by atoms with van der Waals surface area (Å²) in [6, 6.07) is 3.85. The summed E-state index contributed by atoms with van der Waals surface area (Å²) in [5.74, 6) is 5.78. The van der Waals surface area contributed by atoms with Crippen LogP contribution in [0.4, 0.5) is 0 Å². The van der Waals surface area contributed by atoms with Crippen LogP contribution in [-0.4, -0.2) is 24.4 Å². The maximum atomic E-state index is 11.4. The second-order valence-electron chi connectivity index (χ2n) is 5.09. The summed E-state index contributed by atoms with van der Waals surface area (Å²) in [6.45, 7) is 2.08. The summed E-state index contributed by atoms with van der Waals surface area (Å²) in [4.78, 5) is 15.6. The average molecular weight is 267 g/mol. The Kier molecular flexibility index (Phi) is 4.74. The molecule has 0 unspecified atom stereocenters. The van der Waals surface area contributed by atoms with Crippen molar-refractivity contribution in [3.63, 3.8) is 0 Å². The minimum Gasteiger partial charge on any atom is -0.301 e. The number of hydrogen-bond donors (Lipinski definition) is 2. The van der Waals surface area contributed by atoms with E-state index in [4.69, 9.17) is 5.84 Å². The number of rotatable bonds is 5. The van der Waals surface area contributed by atoms with Crippen LogP contribution >= 0.6 is 11.3 Å². The molecule has 1 heterocycles. The van der Waals surface area contributed by atoms with E-state index in [2.05, 4.69) is 17.4 Å². The van der Waals surface area contributed by atoms with Crippen molar-refractivity contribution in [3.05, 3.63) is 21.9 Å². The standard InChI is InChI=1S/C13H21N3OS/c1-16(8-10-4-2-3-5-10)9-11-6-7-12(18-11)13(17)15-14/h6-7,10H,2-5,8-9,14H2,1H3,(H,15,17). The molecule has 3 N–H and O–H groups in total. The minimum absolute atomic E-state index is 0.204. The number of hydrogen-bond acceptors (Lipinski definition) is 4. The zero-order valence-corrected chi connectivity index (χ0v) is 11.6. The first-order chi connectivity index (χ1) is 8.69. The summed E-state index contributed by atoms with van der Waals surface area (Å²) < 4.78 is 0. The summed E-state index contributed by atoms with van der Waals surface area (Å²) in [6.07, 6.45) is 5.52. The Labute approximate surface area is 112 Å². The summed E-state index contributed by atoms with van der Waals surface area (Å²) >= 11 is 1.52. The Balaban J connectivity index is 1.84. The lowest BCUT2D eigenvalue weighted by atomic mass is 10.1. The number of nitrogen functional groups attached to an aromatic ring is 1. The molecular formula is C13H21N3OS. The van der Waals surface area contributed by atoms with Gasteiger partial charge in [0, 0.05) is 18.0 Å². The summed E-state index contributed by atoms with van der Waals surface area (Å²) in [7, 11) is 2.15. The van der Waals surface area contributed by atoms with Gasteiger partial charge in [-0.25, -0.2) is 5.84 Å². The molecule has 0 saturated heterocycles. The van der Waals surface area contributed by atoms with Gasteiger partial charge in [-0.3, -0.25) is 10.2 Å². The molecule has 4 nitrogen and oxygen atoms in total. The average Bonchev–Trinajstić information content (AvgIpc) is 2.99. The zero-order chi connectivity index (χ0) is 13.0. The van der Waals surface area contributed by atoms with E-state index in [0.717, 1.165) is 19.0 Å². The van der Waals surface area contributed by atoms with Gasteiger partial charge in [0.25, 0.3) is 5.91 Å². The molecule has 1 amide bonds. The Morgan fingerprint density at radius 2 is 2.22 bits per heavy atom. The zero-order valence-electron chi connectivity index (χ0n) is 10.8. The predicted molar refractivity (Wildman–Crippen MR) is 74.3 cm³/mol. The largest absolute Gasteiger partial charge is 0.301 e. The molecule has 1 aromatic heterocycles. The fourth-order valence-electron chi connectivity index (χ4n) is 2.62. The van der Waals surface area contributed by atoms with E-state index < -0.39 is 0 Å². The molecule has 1 aromatic rings. The molecule has 18 heavy (non-hydrogen) atoms. The van der Waals surface area contributed by atoms with Crippen LogP contribution in [0.1, 0.15) is 40.2 Å². The normalized spacial score (nSPS) is 16.4. The third-order valence-corrected chi connectivity index (χ3v) is 4.56. The molecule has 1 aliphatic rings. The van der Waals surface area contributed by atoms with Gasteiger partial charge in [0.2, 0.25) is 0 Å². The number of nitrogens with one attached hydrogen (secondary N) is 1. The molecule has 0 spiro atoms. The maximum absolute atomic E-state index is 11.4. The number of amides is 1. The van der Waals surface area contributed by atoms with Gasteiger partial charge in [-0.2, -0.15) is 0 Å². The monoisotopic (exact) mass is 267 g/mol. The van der Waals surface area contributed by atoms with Crippen LogP contribution in [0.5, 0.6) is 0 Å². The molecule has 1 aliphatic carbocycles. The summed E-state index contributed by atoms with van der Waals surface area (Å²) in [5.41, 5.74) is 2.16. The molecule has 0 aliphatic heterocycles. The fraction of sp³-hybridized carbons (Fsp3) is 0.615. The number of carbonyl (C=O) groups is 1. The van der Waals surface area contributed by atoms with E-state index in [1.807, 2.05) is 12.1 Å². The van der Waals surface area contributed by atoms with Crippen molar-refractivity contribution in [3.8, 4) is 0 Å². The molecule has 100 valence electrons. The quantitative estimate of drug-likeness (QED) is 0.487. The lowest BCUT2D eigenvalue weighted by molar-refractivity contribution is 0.0957. The molecular weight excluding hydrogens is 246 g/mol. The van der Waals surface area contributed by atoms with Gasteiger partial charge >= 0.3 is 0 Å². The highest BCUT2D eigenvalue weighted by Gasteiger charge is 2.17. The smallest absolute Gasteiger partial charge is 0.275 e. The molecule has 0 atom stereocenters. The van der Waals surface area contributed by atoms with Crippen molar-refractivity contribution in [2.45, 2.75) is 32.2 Å². The lowest BCUT2D eigenvalue weighted by Crippen LogP contribution is -2.29. The molecule has 0 aromatic carbocycles. The lowest BCUT2D eigenvalue weighted by Gasteiger charge is -2.19. The Morgan fingerprint density at radius 3 is 2.89 bits per heavy atom. The van der Waals surface area contributed by atoms with E-state index >= 15 is 0 Å². The number of hydrazine groups is 1. The van der Waals surface area contributed by atoms with E-state index in [1.165, 1.54) is 41.9 Å². The van der Waals surface area contributed by atoms with Crippen LogP contribution < -0.4 is 11.3 Å². The SMILES string of the molecule is CN(Cc1ccc(C(=O)NN)s1)CC1CCCC1. The molecule has 0 bridgehead atoms. The topological polar surface area (TPSA) is 58.4 Å². The number of nitrogens with two attached hydrogens (primary N) is 1. The van der Waals surface area contributed by atoms with Gasteiger partial charge in [-0.15, -0.1) is 11.3 Å². The minimum atomic E-state index is -0.204. The first-order valence-corrected chi connectivity index (χ1v) is 7.29. The van der Waals surface area contributed by atoms with Crippen LogP contribution in [0.15, 0.2) is 12.1 Å². The molecule has 2 rings (SSSR count). The third-order valence-electron chi connectivity index (χ3n) is 3.49. The van der Waals surface area contributed by atoms with Crippen LogP contribution in [0.3, 0.4) is 0 Å². The summed E-state index contributed by atoms with van der Waals surface area (Å²) in [5, 5.41) is 0. The number of thiophene rings is 1. The van der Waals surface area contributed by atoms with Crippen molar-refractivity contribution < 1.29 is 4.79 Å². The Bertz CT molecular complexity index is 399. The van der Waals surface area contributed by atoms with Gasteiger partial charge < -0.3 is 4.90 Å². The first-order valence-electron chi connectivity index (χ1n) is 6.47. The Morgan fingerprint density at radius 1 is 1.50 bits per heavy atom. The van der Waals surface area contributed by atoms with E-state index in [0.29, 0.717) is 4.88 Å². The van der Waals surface area contributed by atoms with Gasteiger partial charge in [0.15, 0.2) is 0 Å². The van der Waals surface area contributed by atoms with E-state index in [9.17, 15) is 4.79 Å². The van der Waals surface area contributed by atoms with Crippen molar-refractivity contribution in [1.29, 1.82) is 0 Å². The van der Waals surface area contributed by atoms with Crippen LogP contribution in [0.25, 0.3) is 0 Å². The Hall–Kier alpha value is -0.910. The van der Waals surface area contributed by atoms with Gasteiger partial charge in [0.05, 0.1) is 4.88 Å². The predicted octanol–water partition coefficient (Wildman–Crippen LogP) is 1.97. The van der Waals surface area contributed by atoms with Crippen LogP contribution in [-0.2, 0) is 6.54 Å². The molecule has 1 fully saturated rings. The van der Waals surface area contributed by atoms with Crippen molar-refractivity contribution in [2.24, 2.45) is 11.8 Å². The number of carbonyl (C=O) groups excluding carboxylic acids is 1. The second-order valence-corrected chi connectivity index (χ2v) is 6.25. The highest BCUT2D eigenvalue weighted by Crippen LogP contribution is 2.26. The number of nitrogens with zero attached hydrogens (tertiary/aromatic N) is 1. The molecule has 1 saturated carbocycles. The second kappa shape index (κ2) is 6.31. The maximum Gasteiger partial charge on any atom is 0.275 e. The van der Waals surface area contributed by atoms with Gasteiger partial charge in [-0.1, -0.05) is 12.8 Å². The fourth-order valence-corrected chi connectivity index (χ4v) is 3.61. The van der Waals surface area contributed by atoms with E-state index in [1.54, 1.807) is 0 Å². The molecule has 5 heteroatoms. The van der Waals surface area contributed by atoms with Crippen molar-refractivity contribution >= 4 is 17.2 Å². The van der Waals surface area contributed by atoms with Crippen LogP contribution in [0.2, 0.25) is 0 Å². The molecule has 0 radical (unpaired) electrons. The van der Waals surface area contributed by atoms with Gasteiger partial charge in [0.1, 0.15) is 0 Å². The van der Waals surface area contributed by atoms with Gasteiger partial charge in [-0.05, 0) is 37.9 Å². The highest BCUT2D eigenvalue weighted by molar-refractivity contribution is 7.14. The third kappa shape index (κ3) is 3.54. The van der Waals surface area contributed by atoms with Crippen molar-refractivity contribution in [2.75, 3.05) is 13.6 Å². The van der Waals surface area contributed by atoms with E-state index in [-0.39, 0.29) is 5.91 Å². The highest BCUT2D eigenvalue weighted by atomic mass is 32.1. The van der Waals surface area contributed by atoms with Crippen molar-refractivity contribution in [1.82, 2.24) is 10.3 Å². The first kappa shape index (κ1) is 13.5. The van der Waals surface area contributed by atoms with Crippen LogP contribution in [0, 0.1) is 5.92 Å².